The van der Waals surface area contributed by atoms with Crippen molar-refractivity contribution < 1.29 is 4.39 Å². The van der Waals surface area contributed by atoms with Crippen LogP contribution in [0.15, 0.2) is 41.8 Å². The zero-order valence-electron chi connectivity index (χ0n) is 11.4. The molecule has 6 heteroatoms. The van der Waals surface area contributed by atoms with Crippen LogP contribution in [0.3, 0.4) is 0 Å². The predicted molar refractivity (Wildman–Crippen MR) is 86.1 cm³/mol. The van der Waals surface area contributed by atoms with Crippen LogP contribution in [-0.2, 0) is 0 Å². The van der Waals surface area contributed by atoms with Crippen molar-refractivity contribution in [3.05, 3.63) is 53.1 Å². The molecule has 0 saturated heterocycles. The van der Waals surface area contributed by atoms with Crippen molar-refractivity contribution in [1.29, 1.82) is 0 Å². The molecular weight excluding hydrogens is 283 g/mol. The van der Waals surface area contributed by atoms with Gasteiger partial charge in [-0.1, -0.05) is 6.58 Å². The smallest absolute Gasteiger partial charge is 0.201 e. The van der Waals surface area contributed by atoms with Gasteiger partial charge in [0.15, 0.2) is 0 Å². The van der Waals surface area contributed by atoms with Crippen LogP contribution in [0.5, 0.6) is 0 Å². The van der Waals surface area contributed by atoms with E-state index in [0.29, 0.717) is 33.0 Å². The van der Waals surface area contributed by atoms with E-state index in [-0.39, 0.29) is 5.39 Å². The molecule has 0 aliphatic carbocycles. The number of nitrogens with two attached hydrogens (primary N) is 1. The van der Waals surface area contributed by atoms with E-state index < -0.39 is 11.2 Å². The van der Waals surface area contributed by atoms with E-state index in [1.807, 2.05) is 6.07 Å². The van der Waals surface area contributed by atoms with E-state index in [9.17, 15) is 9.18 Å². The van der Waals surface area contributed by atoms with Gasteiger partial charge in [0.05, 0.1) is 39.2 Å². The Morgan fingerprint density at radius 3 is 2.86 bits per heavy atom. The van der Waals surface area contributed by atoms with Crippen molar-refractivity contribution >= 4 is 44.6 Å². The van der Waals surface area contributed by atoms with Gasteiger partial charge in [-0.05, 0) is 24.3 Å². The third kappa shape index (κ3) is 1.41. The monoisotopic (exact) mass is 294 g/mol. The summed E-state index contributed by atoms with van der Waals surface area (Å²) < 4.78 is 15.9. The number of anilines is 1. The highest BCUT2D eigenvalue weighted by Crippen LogP contribution is 2.29. The van der Waals surface area contributed by atoms with Gasteiger partial charge in [-0.2, -0.15) is 5.10 Å². The molecule has 0 atom stereocenters. The van der Waals surface area contributed by atoms with Crippen molar-refractivity contribution in [2.45, 2.75) is 0 Å². The van der Waals surface area contributed by atoms with Gasteiger partial charge in [0, 0.05) is 11.6 Å². The number of nitrogen functional groups attached to an aromatic ring is 1. The number of hydrogen-bond donors (Lipinski definition) is 2. The first-order chi connectivity index (χ1) is 10.6. The second-order valence-electron chi connectivity index (χ2n) is 5.03. The molecule has 0 unspecified atom stereocenters. The minimum atomic E-state index is -0.604. The highest BCUT2D eigenvalue weighted by Gasteiger charge is 2.17. The molecule has 3 N–H and O–H groups in total. The largest absolute Gasteiger partial charge is 0.397 e. The van der Waals surface area contributed by atoms with E-state index in [2.05, 4.69) is 16.8 Å². The van der Waals surface area contributed by atoms with Crippen LogP contribution in [0.4, 0.5) is 10.1 Å². The van der Waals surface area contributed by atoms with E-state index in [0.717, 1.165) is 0 Å². The average molecular weight is 294 g/mol. The molecule has 0 bridgehead atoms. The van der Waals surface area contributed by atoms with Gasteiger partial charge in [0.1, 0.15) is 5.82 Å². The predicted octanol–water partition coefficient (Wildman–Crippen LogP) is 2.85. The Balaban J connectivity index is 2.48. The molecule has 108 valence electrons. The van der Waals surface area contributed by atoms with Gasteiger partial charge in [0.2, 0.25) is 5.43 Å². The molecule has 2 heterocycles. The summed E-state index contributed by atoms with van der Waals surface area (Å²) in [5, 5.41) is 7.75. The molecule has 0 fully saturated rings. The molecular formula is C16H11FN4O. The highest BCUT2D eigenvalue weighted by atomic mass is 19.1. The number of hydrogen-bond acceptors (Lipinski definition) is 3. The Kier molecular flexibility index (Phi) is 2.39. The number of pyridine rings is 1. The van der Waals surface area contributed by atoms with E-state index in [1.165, 1.54) is 18.3 Å². The number of fused-ring (bicyclic) bond motifs is 4. The number of nitrogens with zero attached hydrogens (tertiary/aromatic N) is 2. The number of benzene rings is 2. The van der Waals surface area contributed by atoms with Crippen molar-refractivity contribution in [1.82, 2.24) is 14.8 Å². The van der Waals surface area contributed by atoms with E-state index >= 15 is 0 Å². The van der Waals surface area contributed by atoms with Gasteiger partial charge in [0.25, 0.3) is 0 Å². The molecule has 2 aromatic heterocycles. The highest BCUT2D eigenvalue weighted by molar-refractivity contribution is 6.10. The Morgan fingerprint density at radius 1 is 1.27 bits per heavy atom. The van der Waals surface area contributed by atoms with Gasteiger partial charge < -0.3 is 10.3 Å². The number of H-pyrrole nitrogens is 1. The fourth-order valence-electron chi connectivity index (χ4n) is 2.94. The fourth-order valence-corrected chi connectivity index (χ4v) is 2.94. The standard InChI is InChI=1S/C16H11FN4O/c1-2-21-12-6-5-11-8(7-19-20-11)13(12)16(22)14-9(17)3-4-10(18)15(14)21/h2-7H,1,18H2,(H,19,20). The molecule has 0 aliphatic rings. The molecule has 0 saturated carbocycles. The number of aromatic nitrogens is 3. The van der Waals surface area contributed by atoms with Crippen molar-refractivity contribution in [2.75, 3.05) is 5.73 Å². The van der Waals surface area contributed by atoms with Crippen LogP contribution in [-0.4, -0.2) is 14.8 Å². The molecule has 0 spiro atoms. The third-order valence-electron chi connectivity index (χ3n) is 3.90. The maximum absolute atomic E-state index is 14.3. The number of aromatic amines is 1. The summed E-state index contributed by atoms with van der Waals surface area (Å²) in [7, 11) is 0. The van der Waals surface area contributed by atoms with Crippen LogP contribution in [0, 0.1) is 5.82 Å². The second kappa shape index (κ2) is 4.17. The van der Waals surface area contributed by atoms with Crippen molar-refractivity contribution in [3.8, 4) is 0 Å². The summed E-state index contributed by atoms with van der Waals surface area (Å²) in [4.78, 5) is 12.9. The lowest BCUT2D eigenvalue weighted by Gasteiger charge is -2.13. The minimum Gasteiger partial charge on any atom is -0.397 e. The Bertz CT molecular complexity index is 1140. The van der Waals surface area contributed by atoms with Crippen LogP contribution in [0.2, 0.25) is 0 Å². The first-order valence-corrected chi connectivity index (χ1v) is 6.64. The molecule has 22 heavy (non-hydrogen) atoms. The minimum absolute atomic E-state index is 0.0406. The van der Waals surface area contributed by atoms with Gasteiger partial charge in [-0.25, -0.2) is 4.39 Å². The molecule has 5 nitrogen and oxygen atoms in total. The fraction of sp³-hybridized carbons (Fsp3) is 0. The van der Waals surface area contributed by atoms with Gasteiger partial charge in [-0.15, -0.1) is 0 Å². The summed E-state index contributed by atoms with van der Waals surface area (Å²) in [6, 6.07) is 6.22. The normalized spacial score (nSPS) is 11.5. The summed E-state index contributed by atoms with van der Waals surface area (Å²) in [6.45, 7) is 3.76. The maximum atomic E-state index is 14.3. The second-order valence-corrected chi connectivity index (χ2v) is 5.03. The van der Waals surface area contributed by atoms with Crippen LogP contribution in [0.1, 0.15) is 0 Å². The van der Waals surface area contributed by atoms with Crippen molar-refractivity contribution in [2.24, 2.45) is 0 Å². The Labute approximate surface area is 123 Å². The van der Waals surface area contributed by atoms with Crippen LogP contribution in [0.25, 0.3) is 38.9 Å². The summed E-state index contributed by atoms with van der Waals surface area (Å²) >= 11 is 0. The number of rotatable bonds is 1. The van der Waals surface area contributed by atoms with E-state index in [1.54, 1.807) is 16.8 Å². The molecule has 0 radical (unpaired) electrons. The maximum Gasteiger partial charge on any atom is 0.201 e. The zero-order chi connectivity index (χ0) is 15.4. The third-order valence-corrected chi connectivity index (χ3v) is 3.90. The molecule has 0 amide bonds. The van der Waals surface area contributed by atoms with Crippen LogP contribution < -0.4 is 11.2 Å². The SMILES string of the molecule is C=Cn1c2ccc3[nH]ncc3c2c(=O)c2c(F)ccc(N)c21. The molecule has 2 aromatic carbocycles. The zero-order valence-corrected chi connectivity index (χ0v) is 11.4. The van der Waals surface area contributed by atoms with Crippen LogP contribution >= 0.6 is 0 Å². The lowest BCUT2D eigenvalue weighted by Crippen LogP contribution is -2.12. The lowest BCUT2D eigenvalue weighted by atomic mass is 10.0. The van der Waals surface area contributed by atoms with Crippen molar-refractivity contribution in [3.63, 3.8) is 0 Å². The average Bonchev–Trinajstić information content (AvgIpc) is 2.99. The molecule has 0 aliphatic heterocycles. The van der Waals surface area contributed by atoms with Gasteiger partial charge >= 0.3 is 0 Å². The summed E-state index contributed by atoms with van der Waals surface area (Å²) in [5.74, 6) is -0.604. The first kappa shape index (κ1) is 12.6. The molecule has 4 rings (SSSR count). The first-order valence-electron chi connectivity index (χ1n) is 6.64. The number of nitrogens with one attached hydrogen (secondary N) is 1. The summed E-state index contributed by atoms with van der Waals surface area (Å²) in [6.07, 6.45) is 3.08. The Hall–Kier alpha value is -3.15. The lowest BCUT2D eigenvalue weighted by molar-refractivity contribution is 0.639. The molecule has 4 aromatic rings. The number of halogens is 1. The topological polar surface area (TPSA) is 76.7 Å². The summed E-state index contributed by atoms with van der Waals surface area (Å²) in [5.41, 5.74) is 7.53. The van der Waals surface area contributed by atoms with Gasteiger partial charge in [-0.3, -0.25) is 9.89 Å². The Morgan fingerprint density at radius 2 is 2.09 bits per heavy atom. The van der Waals surface area contributed by atoms with E-state index in [4.69, 9.17) is 5.73 Å². The quantitative estimate of drug-likeness (QED) is 0.418.